The van der Waals surface area contributed by atoms with Crippen LogP contribution in [0.4, 0.5) is 17.6 Å². The lowest BCUT2D eigenvalue weighted by atomic mass is 9.94. The summed E-state index contributed by atoms with van der Waals surface area (Å²) in [4.78, 5) is 39.9. The van der Waals surface area contributed by atoms with Gasteiger partial charge in [-0.2, -0.15) is 13.2 Å². The largest absolute Gasteiger partial charge is 0.480 e. The van der Waals surface area contributed by atoms with Crippen molar-refractivity contribution in [2.75, 3.05) is 19.6 Å². The van der Waals surface area contributed by atoms with E-state index in [-0.39, 0.29) is 31.8 Å². The van der Waals surface area contributed by atoms with Crippen LogP contribution in [0.2, 0.25) is 0 Å². The van der Waals surface area contributed by atoms with E-state index in [1.165, 1.54) is 9.80 Å². The van der Waals surface area contributed by atoms with E-state index in [9.17, 15) is 37.1 Å². The zero-order valence-electron chi connectivity index (χ0n) is 18.5. The number of rotatable bonds is 5. The van der Waals surface area contributed by atoms with Crippen molar-refractivity contribution >= 4 is 17.8 Å². The number of benzene rings is 2. The normalized spacial score (nSPS) is 19.9. The van der Waals surface area contributed by atoms with Crippen molar-refractivity contribution in [3.8, 4) is 0 Å². The summed E-state index contributed by atoms with van der Waals surface area (Å²) in [7, 11) is 0. The number of piperidine rings is 1. The molecule has 35 heavy (non-hydrogen) atoms. The van der Waals surface area contributed by atoms with Gasteiger partial charge in [-0.25, -0.2) is 4.39 Å². The second-order valence-corrected chi connectivity index (χ2v) is 8.72. The first-order valence-electron chi connectivity index (χ1n) is 11.0. The van der Waals surface area contributed by atoms with Gasteiger partial charge >= 0.3 is 12.1 Å². The number of carbonyl (C=O) groups is 3. The molecule has 2 N–H and O–H groups in total. The summed E-state index contributed by atoms with van der Waals surface area (Å²) in [5.74, 6) is -3.52. The van der Waals surface area contributed by atoms with E-state index in [1.807, 2.05) is 30.3 Å². The molecule has 2 fully saturated rings. The van der Waals surface area contributed by atoms with Crippen molar-refractivity contribution in [2.45, 2.75) is 37.1 Å². The summed E-state index contributed by atoms with van der Waals surface area (Å²) in [5, 5.41) is 12.6. The summed E-state index contributed by atoms with van der Waals surface area (Å²) < 4.78 is 53.8. The first kappa shape index (κ1) is 24.6. The van der Waals surface area contributed by atoms with Gasteiger partial charge in [-0.1, -0.05) is 30.3 Å². The molecule has 1 spiro atoms. The number of nitrogens with one attached hydrogen (secondary N) is 1. The second kappa shape index (κ2) is 9.29. The number of alkyl halides is 3. The Morgan fingerprint density at radius 1 is 1.09 bits per heavy atom. The number of nitrogens with zero attached hydrogens (tertiary/aromatic N) is 2. The molecule has 4 rings (SSSR count). The minimum absolute atomic E-state index is 0.0406. The molecule has 186 valence electrons. The number of hydrogen-bond donors (Lipinski definition) is 2. The molecule has 1 unspecified atom stereocenters. The van der Waals surface area contributed by atoms with Crippen molar-refractivity contribution in [3.63, 3.8) is 0 Å². The fourth-order valence-electron chi connectivity index (χ4n) is 4.82. The average molecular weight is 493 g/mol. The smallest absolute Gasteiger partial charge is 0.417 e. The Kier molecular flexibility index (Phi) is 6.54. The molecule has 0 aromatic heterocycles. The van der Waals surface area contributed by atoms with E-state index < -0.39 is 53.2 Å². The van der Waals surface area contributed by atoms with Crippen molar-refractivity contribution in [1.82, 2.24) is 15.1 Å². The maximum atomic E-state index is 13.7. The zero-order valence-corrected chi connectivity index (χ0v) is 18.5. The van der Waals surface area contributed by atoms with E-state index in [1.54, 1.807) is 0 Å². The monoisotopic (exact) mass is 493 g/mol. The SMILES string of the molecule is O=C(O)CN1C(=O)C(Cc2ccccc2)NC12CCN(C(=O)c1cc(F)ccc1C(F)(F)F)CC2. The van der Waals surface area contributed by atoms with Crippen LogP contribution in [0.3, 0.4) is 0 Å². The molecular formula is C24H23F4N3O4. The first-order valence-corrected chi connectivity index (χ1v) is 11.0. The van der Waals surface area contributed by atoms with Gasteiger partial charge in [-0.05, 0) is 30.2 Å². The van der Waals surface area contributed by atoms with Crippen molar-refractivity contribution < 1.29 is 37.1 Å². The van der Waals surface area contributed by atoms with Gasteiger partial charge < -0.3 is 14.9 Å². The summed E-state index contributed by atoms with van der Waals surface area (Å²) in [6, 6.07) is 10.2. The number of carboxylic acid groups (broad SMARTS) is 1. The molecule has 0 aliphatic carbocycles. The van der Waals surface area contributed by atoms with Gasteiger partial charge in [-0.15, -0.1) is 0 Å². The van der Waals surface area contributed by atoms with Crippen LogP contribution in [0, 0.1) is 5.82 Å². The highest BCUT2D eigenvalue weighted by Crippen LogP contribution is 2.36. The number of halogens is 4. The van der Waals surface area contributed by atoms with Gasteiger partial charge in [0.15, 0.2) is 0 Å². The van der Waals surface area contributed by atoms with Gasteiger partial charge in [0.25, 0.3) is 5.91 Å². The maximum absolute atomic E-state index is 13.7. The Morgan fingerprint density at radius 2 is 1.74 bits per heavy atom. The third kappa shape index (κ3) is 5.00. The molecule has 2 amide bonds. The van der Waals surface area contributed by atoms with Crippen LogP contribution in [0.15, 0.2) is 48.5 Å². The van der Waals surface area contributed by atoms with Crippen molar-refractivity contribution in [2.24, 2.45) is 0 Å². The molecule has 0 saturated carbocycles. The highest BCUT2D eigenvalue weighted by Gasteiger charge is 2.52. The van der Waals surface area contributed by atoms with Crippen molar-refractivity contribution in [3.05, 3.63) is 71.0 Å². The second-order valence-electron chi connectivity index (χ2n) is 8.72. The molecule has 0 radical (unpaired) electrons. The Morgan fingerprint density at radius 3 is 2.34 bits per heavy atom. The molecule has 2 aliphatic rings. The number of carboxylic acids is 1. The van der Waals surface area contributed by atoms with E-state index in [2.05, 4.69) is 5.32 Å². The van der Waals surface area contributed by atoms with Crippen LogP contribution >= 0.6 is 0 Å². The summed E-state index contributed by atoms with van der Waals surface area (Å²) in [6.07, 6.45) is -4.28. The number of carbonyl (C=O) groups excluding carboxylic acids is 2. The van der Waals surface area contributed by atoms with Crippen LogP contribution in [0.1, 0.15) is 34.3 Å². The molecule has 2 aromatic rings. The average Bonchev–Trinajstić information content (AvgIpc) is 3.04. The summed E-state index contributed by atoms with van der Waals surface area (Å²) in [5.41, 5.74) is -2.19. The predicted molar refractivity (Wildman–Crippen MR) is 116 cm³/mol. The highest BCUT2D eigenvalue weighted by molar-refractivity contribution is 5.96. The highest BCUT2D eigenvalue weighted by atomic mass is 19.4. The lowest BCUT2D eigenvalue weighted by Crippen LogP contribution is -2.60. The quantitative estimate of drug-likeness (QED) is 0.626. The third-order valence-corrected chi connectivity index (χ3v) is 6.49. The Hall–Kier alpha value is -3.47. The zero-order chi connectivity index (χ0) is 25.4. The molecule has 2 heterocycles. The maximum Gasteiger partial charge on any atom is 0.417 e. The molecular weight excluding hydrogens is 470 g/mol. The number of likely N-dealkylation sites (tertiary alicyclic amines) is 1. The lowest BCUT2D eigenvalue weighted by Gasteiger charge is -2.44. The minimum Gasteiger partial charge on any atom is -0.480 e. The Bertz CT molecular complexity index is 1130. The summed E-state index contributed by atoms with van der Waals surface area (Å²) in [6.45, 7) is -0.630. The molecule has 2 aromatic carbocycles. The van der Waals surface area contributed by atoms with Crippen LogP contribution in [-0.4, -0.2) is 64.0 Å². The van der Waals surface area contributed by atoms with Gasteiger partial charge in [0.05, 0.1) is 22.8 Å². The number of aliphatic carboxylic acids is 1. The molecule has 7 nitrogen and oxygen atoms in total. The predicted octanol–water partition coefficient (Wildman–Crippen LogP) is 2.90. The third-order valence-electron chi connectivity index (χ3n) is 6.49. The van der Waals surface area contributed by atoms with E-state index >= 15 is 0 Å². The summed E-state index contributed by atoms with van der Waals surface area (Å²) >= 11 is 0. The molecule has 0 bridgehead atoms. The molecule has 2 aliphatic heterocycles. The number of amides is 2. The fourth-order valence-corrected chi connectivity index (χ4v) is 4.82. The van der Waals surface area contributed by atoms with E-state index in [4.69, 9.17) is 0 Å². The minimum atomic E-state index is -4.84. The van der Waals surface area contributed by atoms with Gasteiger partial charge in [0, 0.05) is 25.9 Å². The number of hydrogen-bond acceptors (Lipinski definition) is 4. The molecule has 11 heteroatoms. The van der Waals surface area contributed by atoms with Crippen LogP contribution < -0.4 is 5.32 Å². The van der Waals surface area contributed by atoms with Crippen LogP contribution in [0.5, 0.6) is 0 Å². The Balaban J connectivity index is 1.54. The lowest BCUT2D eigenvalue weighted by molar-refractivity contribution is -0.147. The van der Waals surface area contributed by atoms with Gasteiger partial charge in [0.2, 0.25) is 5.91 Å². The fraction of sp³-hybridized carbons (Fsp3) is 0.375. The first-order chi connectivity index (χ1) is 16.5. The van der Waals surface area contributed by atoms with Gasteiger partial charge in [0.1, 0.15) is 12.4 Å². The van der Waals surface area contributed by atoms with Crippen LogP contribution in [0.25, 0.3) is 0 Å². The Labute approximate surface area is 198 Å². The van der Waals surface area contributed by atoms with Crippen LogP contribution in [-0.2, 0) is 22.2 Å². The molecule has 1 atom stereocenters. The van der Waals surface area contributed by atoms with E-state index in [0.717, 1.165) is 5.56 Å². The topological polar surface area (TPSA) is 89.9 Å². The standard InChI is InChI=1S/C24H23F4N3O4/c25-16-6-7-18(24(26,27)28)17(13-16)21(34)30-10-8-23(9-11-30)29-19(12-15-4-2-1-3-5-15)22(35)31(23)14-20(32)33/h1-7,13,19,29H,8-12,14H2,(H,32,33). The van der Waals surface area contributed by atoms with Gasteiger partial charge in [-0.3, -0.25) is 19.7 Å². The van der Waals surface area contributed by atoms with Crippen molar-refractivity contribution in [1.29, 1.82) is 0 Å². The molecule has 2 saturated heterocycles. The van der Waals surface area contributed by atoms with E-state index in [0.29, 0.717) is 24.6 Å².